The standard InChI is InChI=1S/C17H15F2NO4/c1-10(14-6-5-12(18)8-15(14)19)20-16(22)9-24-17(23)11-3-2-4-13(21)7-11/h2-8,10,21H,9H2,1H3,(H,20,22)/t10-/m0/s1. The van der Waals surface area contributed by atoms with Crippen LogP contribution in [0.25, 0.3) is 0 Å². The van der Waals surface area contributed by atoms with Crippen molar-refractivity contribution in [3.05, 3.63) is 65.2 Å². The summed E-state index contributed by atoms with van der Waals surface area (Å²) in [4.78, 5) is 23.5. The number of carbonyl (C=O) groups excluding carboxylic acids is 2. The van der Waals surface area contributed by atoms with Crippen LogP contribution in [0.15, 0.2) is 42.5 Å². The molecule has 0 unspecified atom stereocenters. The zero-order valence-electron chi connectivity index (χ0n) is 12.8. The van der Waals surface area contributed by atoms with Crippen molar-refractivity contribution in [2.75, 3.05) is 6.61 Å². The lowest BCUT2D eigenvalue weighted by atomic mass is 10.1. The fraction of sp³-hybridized carbons (Fsp3) is 0.176. The van der Waals surface area contributed by atoms with E-state index in [1.807, 2.05) is 0 Å². The summed E-state index contributed by atoms with van der Waals surface area (Å²) in [5.74, 6) is -3.01. The third kappa shape index (κ3) is 4.52. The Bertz CT molecular complexity index is 764. The second-order valence-corrected chi connectivity index (χ2v) is 5.08. The summed E-state index contributed by atoms with van der Waals surface area (Å²) in [6.45, 7) is 0.951. The molecule has 0 aromatic heterocycles. The summed E-state index contributed by atoms with van der Waals surface area (Å²) < 4.78 is 31.3. The van der Waals surface area contributed by atoms with Crippen LogP contribution in [0.4, 0.5) is 8.78 Å². The maximum Gasteiger partial charge on any atom is 0.338 e. The third-order valence-corrected chi connectivity index (χ3v) is 3.22. The number of benzene rings is 2. The molecule has 7 heteroatoms. The molecular weight excluding hydrogens is 320 g/mol. The lowest BCUT2D eigenvalue weighted by Crippen LogP contribution is -2.31. The van der Waals surface area contributed by atoms with E-state index in [0.29, 0.717) is 0 Å². The van der Waals surface area contributed by atoms with Crippen molar-refractivity contribution < 1.29 is 28.2 Å². The van der Waals surface area contributed by atoms with Crippen molar-refractivity contribution in [2.45, 2.75) is 13.0 Å². The number of hydrogen-bond acceptors (Lipinski definition) is 4. The number of ether oxygens (including phenoxy) is 1. The van der Waals surface area contributed by atoms with Crippen LogP contribution in [-0.4, -0.2) is 23.6 Å². The van der Waals surface area contributed by atoms with Gasteiger partial charge in [-0.1, -0.05) is 12.1 Å². The predicted octanol–water partition coefficient (Wildman–Crippen LogP) is 2.70. The molecule has 126 valence electrons. The minimum atomic E-state index is -0.778. The van der Waals surface area contributed by atoms with Gasteiger partial charge in [-0.3, -0.25) is 4.79 Å². The SMILES string of the molecule is C[C@H](NC(=O)COC(=O)c1cccc(O)c1)c1ccc(F)cc1F. The minimum Gasteiger partial charge on any atom is -0.508 e. The van der Waals surface area contributed by atoms with Crippen LogP contribution in [0.5, 0.6) is 5.75 Å². The third-order valence-electron chi connectivity index (χ3n) is 3.22. The summed E-state index contributed by atoms with van der Waals surface area (Å²) >= 11 is 0. The second-order valence-electron chi connectivity index (χ2n) is 5.08. The molecule has 0 saturated heterocycles. The molecule has 0 radical (unpaired) electrons. The molecule has 0 aliphatic carbocycles. The van der Waals surface area contributed by atoms with E-state index in [9.17, 15) is 23.5 Å². The van der Waals surface area contributed by atoms with Gasteiger partial charge in [0, 0.05) is 11.6 Å². The van der Waals surface area contributed by atoms with Crippen LogP contribution in [0.3, 0.4) is 0 Å². The molecule has 2 rings (SSSR count). The Morgan fingerprint density at radius 2 is 1.96 bits per heavy atom. The largest absolute Gasteiger partial charge is 0.508 e. The van der Waals surface area contributed by atoms with Crippen molar-refractivity contribution >= 4 is 11.9 Å². The van der Waals surface area contributed by atoms with E-state index < -0.39 is 36.2 Å². The van der Waals surface area contributed by atoms with Crippen LogP contribution < -0.4 is 5.32 Å². The first-order valence-corrected chi connectivity index (χ1v) is 7.07. The highest BCUT2D eigenvalue weighted by Crippen LogP contribution is 2.17. The van der Waals surface area contributed by atoms with Crippen molar-refractivity contribution in [3.8, 4) is 5.75 Å². The van der Waals surface area contributed by atoms with Gasteiger partial charge in [-0.05, 0) is 31.2 Å². The molecule has 0 heterocycles. The van der Waals surface area contributed by atoms with Gasteiger partial charge >= 0.3 is 5.97 Å². The van der Waals surface area contributed by atoms with Crippen molar-refractivity contribution in [2.24, 2.45) is 0 Å². The number of nitrogens with one attached hydrogen (secondary N) is 1. The second kappa shape index (κ2) is 7.54. The van der Waals surface area contributed by atoms with E-state index in [2.05, 4.69) is 5.32 Å². The first kappa shape index (κ1) is 17.4. The highest BCUT2D eigenvalue weighted by molar-refractivity contribution is 5.91. The molecule has 0 aliphatic heterocycles. The van der Waals surface area contributed by atoms with Crippen molar-refractivity contribution in [1.29, 1.82) is 0 Å². The Morgan fingerprint density at radius 3 is 2.62 bits per heavy atom. The normalized spacial score (nSPS) is 11.6. The molecule has 5 nitrogen and oxygen atoms in total. The Balaban J connectivity index is 1.90. The summed E-state index contributed by atoms with van der Waals surface area (Å²) in [7, 11) is 0. The van der Waals surface area contributed by atoms with Gasteiger partial charge in [0.25, 0.3) is 5.91 Å². The number of aromatic hydroxyl groups is 1. The van der Waals surface area contributed by atoms with Crippen molar-refractivity contribution in [1.82, 2.24) is 5.32 Å². The maximum atomic E-state index is 13.6. The Labute approximate surface area is 136 Å². The van der Waals surface area contributed by atoms with Crippen LogP contribution in [0.1, 0.15) is 28.9 Å². The van der Waals surface area contributed by atoms with E-state index in [1.54, 1.807) is 0 Å². The summed E-state index contributed by atoms with van der Waals surface area (Å²) in [5, 5.41) is 11.7. The van der Waals surface area contributed by atoms with Gasteiger partial charge in [-0.2, -0.15) is 0 Å². The molecule has 24 heavy (non-hydrogen) atoms. The molecule has 2 N–H and O–H groups in total. The topological polar surface area (TPSA) is 75.6 Å². The van der Waals surface area contributed by atoms with Gasteiger partial charge in [0.15, 0.2) is 6.61 Å². The van der Waals surface area contributed by atoms with E-state index in [4.69, 9.17) is 4.74 Å². The Morgan fingerprint density at radius 1 is 1.21 bits per heavy atom. The number of phenols is 1. The van der Waals surface area contributed by atoms with E-state index in [-0.39, 0.29) is 16.9 Å². The molecule has 1 amide bonds. The van der Waals surface area contributed by atoms with Crippen molar-refractivity contribution in [3.63, 3.8) is 0 Å². The highest BCUT2D eigenvalue weighted by atomic mass is 19.1. The summed E-state index contributed by atoms with van der Waals surface area (Å²) in [6, 6.07) is 7.80. The maximum absolute atomic E-state index is 13.6. The zero-order valence-corrected chi connectivity index (χ0v) is 12.8. The fourth-order valence-corrected chi connectivity index (χ4v) is 2.06. The van der Waals surface area contributed by atoms with Crippen LogP contribution >= 0.6 is 0 Å². The molecule has 0 saturated carbocycles. The highest BCUT2D eigenvalue weighted by Gasteiger charge is 2.16. The number of phenolic OH excluding ortho intramolecular Hbond substituents is 1. The molecule has 0 aliphatic rings. The van der Waals surface area contributed by atoms with E-state index >= 15 is 0 Å². The van der Waals surface area contributed by atoms with Gasteiger partial charge in [0.2, 0.25) is 0 Å². The van der Waals surface area contributed by atoms with Gasteiger partial charge in [0.1, 0.15) is 17.4 Å². The molecular formula is C17H15F2NO4. The predicted molar refractivity (Wildman–Crippen MR) is 81.3 cm³/mol. The average molecular weight is 335 g/mol. The first-order chi connectivity index (χ1) is 11.4. The number of hydrogen-bond donors (Lipinski definition) is 2. The van der Waals surface area contributed by atoms with Crippen LogP contribution in [0, 0.1) is 11.6 Å². The number of esters is 1. The average Bonchev–Trinajstić information content (AvgIpc) is 2.52. The molecule has 2 aromatic carbocycles. The van der Waals surface area contributed by atoms with E-state index in [0.717, 1.165) is 12.1 Å². The quantitative estimate of drug-likeness (QED) is 0.824. The Kier molecular flexibility index (Phi) is 5.47. The van der Waals surface area contributed by atoms with Gasteiger partial charge in [0.05, 0.1) is 11.6 Å². The summed E-state index contributed by atoms with van der Waals surface area (Å²) in [6.07, 6.45) is 0. The number of amides is 1. The van der Waals surface area contributed by atoms with Crippen LogP contribution in [0.2, 0.25) is 0 Å². The number of carbonyl (C=O) groups is 2. The number of rotatable bonds is 5. The smallest absolute Gasteiger partial charge is 0.338 e. The first-order valence-electron chi connectivity index (χ1n) is 7.07. The van der Waals surface area contributed by atoms with Crippen LogP contribution in [-0.2, 0) is 9.53 Å². The molecule has 1 atom stereocenters. The lowest BCUT2D eigenvalue weighted by molar-refractivity contribution is -0.124. The van der Waals surface area contributed by atoms with Gasteiger partial charge in [-0.25, -0.2) is 13.6 Å². The molecule has 2 aromatic rings. The molecule has 0 bridgehead atoms. The Hall–Kier alpha value is -2.96. The molecule has 0 spiro atoms. The van der Waals surface area contributed by atoms with E-state index in [1.165, 1.54) is 37.3 Å². The molecule has 0 fully saturated rings. The van der Waals surface area contributed by atoms with Gasteiger partial charge < -0.3 is 15.2 Å². The lowest BCUT2D eigenvalue weighted by Gasteiger charge is -2.15. The zero-order chi connectivity index (χ0) is 17.7. The minimum absolute atomic E-state index is 0.0976. The van der Waals surface area contributed by atoms with Gasteiger partial charge in [-0.15, -0.1) is 0 Å². The fourth-order valence-electron chi connectivity index (χ4n) is 2.06. The summed E-state index contributed by atoms with van der Waals surface area (Å²) in [5.41, 5.74) is 0.212. The monoisotopic (exact) mass is 335 g/mol. The number of halogens is 2.